The van der Waals surface area contributed by atoms with Gasteiger partial charge in [0.2, 0.25) is 0 Å². The van der Waals surface area contributed by atoms with Crippen LogP contribution in [0.5, 0.6) is 5.75 Å². The normalized spacial score (nSPS) is 11.2. The molecule has 1 aromatic carbocycles. The fourth-order valence-corrected chi connectivity index (χ4v) is 2.40. The molecule has 1 aromatic heterocycles. The van der Waals surface area contributed by atoms with E-state index in [0.29, 0.717) is 18.0 Å². The van der Waals surface area contributed by atoms with Crippen molar-refractivity contribution in [1.82, 2.24) is 10.2 Å². The highest BCUT2D eigenvalue weighted by molar-refractivity contribution is 7.92. The first kappa shape index (κ1) is 12.4. The van der Waals surface area contributed by atoms with Crippen molar-refractivity contribution in [3.8, 4) is 5.75 Å². The predicted molar refractivity (Wildman–Crippen MR) is 67.0 cm³/mol. The zero-order chi connectivity index (χ0) is 13.0. The summed E-state index contributed by atoms with van der Waals surface area (Å²) < 4.78 is 31.8. The number of sulfonamides is 1. The summed E-state index contributed by atoms with van der Waals surface area (Å²) in [6, 6.07) is 6.86. The Morgan fingerprint density at radius 1 is 1.39 bits per heavy atom. The Kier molecular flexibility index (Phi) is 3.52. The van der Waals surface area contributed by atoms with Gasteiger partial charge in [0.25, 0.3) is 10.0 Å². The van der Waals surface area contributed by atoms with Crippen molar-refractivity contribution in [1.29, 1.82) is 0 Å². The Hall–Kier alpha value is -2.02. The Morgan fingerprint density at radius 3 is 2.83 bits per heavy atom. The maximum absolute atomic E-state index is 12.0. The first-order valence-corrected chi connectivity index (χ1v) is 6.85. The summed E-state index contributed by atoms with van der Waals surface area (Å²) in [6.07, 6.45) is 2.55. The third-order valence-electron chi connectivity index (χ3n) is 2.21. The van der Waals surface area contributed by atoms with Crippen molar-refractivity contribution < 1.29 is 13.2 Å². The lowest BCUT2D eigenvalue weighted by atomic mass is 10.3. The van der Waals surface area contributed by atoms with Crippen molar-refractivity contribution in [3.05, 3.63) is 36.7 Å². The number of H-pyrrole nitrogens is 1. The number of ether oxygens (including phenoxy) is 1. The van der Waals surface area contributed by atoms with Crippen LogP contribution in [0.4, 0.5) is 5.69 Å². The van der Waals surface area contributed by atoms with Crippen LogP contribution in [0.15, 0.2) is 41.6 Å². The zero-order valence-corrected chi connectivity index (χ0v) is 10.6. The average Bonchev–Trinajstić information content (AvgIpc) is 2.86. The van der Waals surface area contributed by atoms with Gasteiger partial charge in [-0.25, -0.2) is 8.42 Å². The van der Waals surface area contributed by atoms with Crippen LogP contribution in [0.3, 0.4) is 0 Å². The van der Waals surface area contributed by atoms with Crippen LogP contribution in [-0.4, -0.2) is 25.2 Å². The lowest BCUT2D eigenvalue weighted by Crippen LogP contribution is -2.13. The summed E-state index contributed by atoms with van der Waals surface area (Å²) in [4.78, 5) is 0.0776. The second-order valence-electron chi connectivity index (χ2n) is 3.47. The van der Waals surface area contributed by atoms with E-state index in [4.69, 9.17) is 4.74 Å². The molecular formula is C11H13N3O3S. The number of aromatic amines is 1. The van der Waals surface area contributed by atoms with Crippen LogP contribution >= 0.6 is 0 Å². The standard InChI is InChI=1S/C11H13N3O3S/c1-2-17-11-6-4-3-5-10(11)14-18(15,16)9-7-12-13-8-9/h3-8,14H,2H2,1H3,(H,12,13). The number of para-hydroxylation sites is 2. The fourth-order valence-electron chi connectivity index (χ4n) is 1.42. The number of nitrogens with zero attached hydrogens (tertiary/aromatic N) is 1. The fraction of sp³-hybridized carbons (Fsp3) is 0.182. The van der Waals surface area contributed by atoms with Gasteiger partial charge in [0.05, 0.1) is 18.5 Å². The van der Waals surface area contributed by atoms with E-state index in [2.05, 4.69) is 14.9 Å². The highest BCUT2D eigenvalue weighted by Gasteiger charge is 2.17. The molecule has 0 saturated carbocycles. The van der Waals surface area contributed by atoms with Gasteiger partial charge in [-0.2, -0.15) is 5.10 Å². The predicted octanol–water partition coefficient (Wildman–Crippen LogP) is 1.61. The van der Waals surface area contributed by atoms with E-state index < -0.39 is 10.0 Å². The van der Waals surface area contributed by atoms with Crippen LogP contribution in [0.1, 0.15) is 6.92 Å². The smallest absolute Gasteiger partial charge is 0.265 e. The molecule has 96 valence electrons. The number of benzene rings is 1. The van der Waals surface area contributed by atoms with Crippen LogP contribution in [-0.2, 0) is 10.0 Å². The number of rotatable bonds is 5. The summed E-state index contributed by atoms with van der Waals surface area (Å²) in [5.74, 6) is 0.493. The molecule has 0 fully saturated rings. The van der Waals surface area contributed by atoms with Gasteiger partial charge in [0.15, 0.2) is 0 Å². The molecule has 0 bridgehead atoms. The van der Waals surface area contributed by atoms with Crippen molar-refractivity contribution in [2.24, 2.45) is 0 Å². The van der Waals surface area contributed by atoms with Gasteiger partial charge >= 0.3 is 0 Å². The van der Waals surface area contributed by atoms with E-state index in [1.807, 2.05) is 6.92 Å². The number of nitrogens with one attached hydrogen (secondary N) is 2. The number of aromatic nitrogens is 2. The van der Waals surface area contributed by atoms with E-state index in [0.717, 1.165) is 0 Å². The van der Waals surface area contributed by atoms with Crippen LogP contribution in [0, 0.1) is 0 Å². The van der Waals surface area contributed by atoms with Crippen molar-refractivity contribution in [3.63, 3.8) is 0 Å². The topological polar surface area (TPSA) is 84.1 Å². The molecule has 2 rings (SSSR count). The molecule has 0 unspecified atom stereocenters. The summed E-state index contributed by atoms with van der Waals surface area (Å²) in [5.41, 5.74) is 0.403. The zero-order valence-electron chi connectivity index (χ0n) is 9.75. The first-order valence-electron chi connectivity index (χ1n) is 5.37. The first-order chi connectivity index (χ1) is 8.63. The monoisotopic (exact) mass is 267 g/mol. The van der Waals surface area contributed by atoms with Crippen LogP contribution in [0.25, 0.3) is 0 Å². The molecular weight excluding hydrogens is 254 g/mol. The summed E-state index contributed by atoms with van der Waals surface area (Å²) in [5, 5.41) is 6.07. The largest absolute Gasteiger partial charge is 0.492 e. The SMILES string of the molecule is CCOc1ccccc1NS(=O)(=O)c1cn[nH]c1. The Bertz CT molecular complexity index is 608. The lowest BCUT2D eigenvalue weighted by Gasteiger charge is -2.11. The second-order valence-corrected chi connectivity index (χ2v) is 5.15. The molecule has 0 amide bonds. The van der Waals surface area contributed by atoms with E-state index in [1.165, 1.54) is 12.4 Å². The van der Waals surface area contributed by atoms with Crippen molar-refractivity contribution in [2.75, 3.05) is 11.3 Å². The van der Waals surface area contributed by atoms with E-state index in [9.17, 15) is 8.42 Å². The molecule has 18 heavy (non-hydrogen) atoms. The van der Waals surface area contributed by atoms with Gasteiger partial charge in [-0.1, -0.05) is 12.1 Å². The van der Waals surface area contributed by atoms with Gasteiger partial charge in [-0.15, -0.1) is 0 Å². The minimum absolute atomic E-state index is 0.0776. The highest BCUT2D eigenvalue weighted by atomic mass is 32.2. The molecule has 0 aliphatic heterocycles. The van der Waals surface area contributed by atoms with E-state index in [1.54, 1.807) is 24.3 Å². The Morgan fingerprint density at radius 2 is 2.17 bits per heavy atom. The minimum Gasteiger partial charge on any atom is -0.492 e. The molecule has 6 nitrogen and oxygen atoms in total. The Balaban J connectivity index is 2.29. The number of hydrogen-bond acceptors (Lipinski definition) is 4. The van der Waals surface area contributed by atoms with Gasteiger partial charge < -0.3 is 4.74 Å². The average molecular weight is 267 g/mol. The number of hydrogen-bond donors (Lipinski definition) is 2. The van der Waals surface area contributed by atoms with Crippen LogP contribution < -0.4 is 9.46 Å². The molecule has 7 heteroatoms. The van der Waals surface area contributed by atoms with Gasteiger partial charge in [-0.05, 0) is 19.1 Å². The molecule has 0 radical (unpaired) electrons. The molecule has 0 spiro atoms. The second kappa shape index (κ2) is 5.09. The van der Waals surface area contributed by atoms with Gasteiger partial charge in [0.1, 0.15) is 10.6 Å². The van der Waals surface area contributed by atoms with Crippen LogP contribution in [0.2, 0.25) is 0 Å². The summed E-state index contributed by atoms with van der Waals surface area (Å²) in [6.45, 7) is 2.30. The summed E-state index contributed by atoms with van der Waals surface area (Å²) in [7, 11) is -3.63. The maximum Gasteiger partial charge on any atom is 0.265 e. The minimum atomic E-state index is -3.63. The lowest BCUT2D eigenvalue weighted by molar-refractivity contribution is 0.342. The third-order valence-corrected chi connectivity index (χ3v) is 3.55. The molecule has 0 aliphatic rings. The third kappa shape index (κ3) is 2.62. The Labute approximate surface area is 105 Å². The van der Waals surface area contributed by atoms with Gasteiger partial charge in [0, 0.05) is 6.20 Å². The molecule has 0 saturated heterocycles. The van der Waals surface area contributed by atoms with E-state index in [-0.39, 0.29) is 4.90 Å². The highest BCUT2D eigenvalue weighted by Crippen LogP contribution is 2.26. The molecule has 0 aliphatic carbocycles. The summed E-state index contributed by atoms with van der Waals surface area (Å²) >= 11 is 0. The van der Waals surface area contributed by atoms with Crippen molar-refractivity contribution >= 4 is 15.7 Å². The molecule has 0 atom stereocenters. The molecule has 2 N–H and O–H groups in total. The molecule has 1 heterocycles. The van der Waals surface area contributed by atoms with E-state index >= 15 is 0 Å². The molecule has 2 aromatic rings. The number of anilines is 1. The quantitative estimate of drug-likeness (QED) is 0.862. The van der Waals surface area contributed by atoms with Gasteiger partial charge in [-0.3, -0.25) is 9.82 Å². The van der Waals surface area contributed by atoms with Crippen molar-refractivity contribution in [2.45, 2.75) is 11.8 Å². The maximum atomic E-state index is 12.0.